The Hall–Kier alpha value is -1.68. The molecule has 2 aromatic carbocycles. The summed E-state index contributed by atoms with van der Waals surface area (Å²) in [7, 11) is 1.79. The molecule has 1 N–H and O–H groups in total. The average molecular weight is 557 g/mol. The van der Waals surface area contributed by atoms with E-state index >= 15 is 0 Å². The number of carbonyl (C=O) groups is 1. The Kier molecular flexibility index (Phi) is 10.6. The van der Waals surface area contributed by atoms with Gasteiger partial charge in [-0.15, -0.1) is 0 Å². The third-order valence-corrected chi connectivity index (χ3v) is 9.46. The summed E-state index contributed by atoms with van der Waals surface area (Å²) in [6, 6.07) is 15.6. The van der Waals surface area contributed by atoms with Crippen LogP contribution in [0.5, 0.6) is 0 Å². The minimum atomic E-state index is -3.88. The zero-order valence-corrected chi connectivity index (χ0v) is 23.3. The number of halogens is 2. The molecule has 1 amide bonds. The molecule has 2 aromatic rings. The fraction of sp³-hybridized carbons (Fsp3) is 0.500. The molecule has 0 aromatic heterocycles. The molecule has 36 heavy (non-hydrogen) atoms. The van der Waals surface area contributed by atoms with Crippen LogP contribution in [0, 0.1) is 5.92 Å². The van der Waals surface area contributed by atoms with Crippen molar-refractivity contribution in [3.05, 3.63) is 64.1 Å². The monoisotopic (exact) mass is 555 g/mol. The Morgan fingerprint density at radius 1 is 1.00 bits per heavy atom. The molecule has 1 unspecified atom stereocenters. The second kappa shape index (κ2) is 13.2. The molecule has 1 aliphatic rings. The molecule has 0 heterocycles. The lowest BCUT2D eigenvalue weighted by Crippen LogP contribution is -2.41. The number of amides is 1. The second-order valence-electron chi connectivity index (χ2n) is 9.43. The second-order valence-corrected chi connectivity index (χ2v) is 12.2. The Balaban J connectivity index is 1.41. The van der Waals surface area contributed by atoms with Gasteiger partial charge in [0.25, 0.3) is 0 Å². The molecular formula is C26H35Cl2N3O4S. The van der Waals surface area contributed by atoms with Gasteiger partial charge in [-0.2, -0.15) is 4.31 Å². The lowest BCUT2D eigenvalue weighted by Gasteiger charge is -2.37. The van der Waals surface area contributed by atoms with Crippen LogP contribution in [-0.4, -0.2) is 70.5 Å². The van der Waals surface area contributed by atoms with Crippen LogP contribution >= 0.6 is 23.2 Å². The largest absolute Gasteiger partial charge is 0.370 e. The summed E-state index contributed by atoms with van der Waals surface area (Å²) >= 11 is 12.1. The molecule has 7 nitrogen and oxygen atoms in total. The summed E-state index contributed by atoms with van der Waals surface area (Å²) in [5, 5.41) is 3.18. The lowest BCUT2D eigenvalue weighted by atomic mass is 9.78. The molecule has 0 aliphatic heterocycles. The van der Waals surface area contributed by atoms with Gasteiger partial charge in [-0.05, 0) is 63.4 Å². The van der Waals surface area contributed by atoms with Crippen LogP contribution in [0.15, 0.2) is 53.4 Å². The predicted octanol–water partition coefficient (Wildman–Crippen LogP) is 4.61. The molecular weight excluding hydrogens is 521 g/mol. The number of likely N-dealkylation sites (N-methyl/N-ethyl adjacent to an activating group) is 1. The van der Waals surface area contributed by atoms with Gasteiger partial charge in [0.15, 0.2) is 0 Å². The number of sulfonamides is 1. The predicted molar refractivity (Wildman–Crippen MR) is 144 cm³/mol. The van der Waals surface area contributed by atoms with Crippen molar-refractivity contribution in [2.24, 2.45) is 5.92 Å². The van der Waals surface area contributed by atoms with E-state index in [0.29, 0.717) is 12.0 Å². The third kappa shape index (κ3) is 7.43. The van der Waals surface area contributed by atoms with Crippen LogP contribution in [0.25, 0.3) is 0 Å². The quantitative estimate of drug-likeness (QED) is 0.409. The molecule has 3 rings (SSSR count). The van der Waals surface area contributed by atoms with Gasteiger partial charge in [0.1, 0.15) is 11.5 Å². The van der Waals surface area contributed by atoms with E-state index in [9.17, 15) is 13.2 Å². The fourth-order valence-electron chi connectivity index (χ4n) is 4.85. The number of hydrogen-bond donors (Lipinski definition) is 1. The Morgan fingerprint density at radius 2 is 1.61 bits per heavy atom. The SMILES string of the molecule is CN(C)C(c1ccccc1)C1CCC(NC(=O)COCCN(C)S(=O)(=O)c2c(Cl)cccc2Cl)CC1. The Morgan fingerprint density at radius 3 is 2.19 bits per heavy atom. The highest BCUT2D eigenvalue weighted by molar-refractivity contribution is 7.89. The van der Waals surface area contributed by atoms with E-state index in [0.717, 1.165) is 30.0 Å². The van der Waals surface area contributed by atoms with Crippen molar-refractivity contribution in [1.29, 1.82) is 0 Å². The molecule has 198 valence electrons. The normalized spacial score (nSPS) is 19.4. The maximum absolute atomic E-state index is 12.8. The summed E-state index contributed by atoms with van der Waals surface area (Å²) < 4.78 is 32.2. The molecule has 1 aliphatic carbocycles. The topological polar surface area (TPSA) is 79.0 Å². The molecule has 10 heteroatoms. The first-order valence-corrected chi connectivity index (χ1v) is 14.3. The van der Waals surface area contributed by atoms with Crippen molar-refractivity contribution < 1.29 is 17.9 Å². The van der Waals surface area contributed by atoms with Crippen molar-refractivity contribution in [3.63, 3.8) is 0 Å². The Bertz CT molecular complexity index is 1090. The zero-order valence-electron chi connectivity index (χ0n) is 21.0. The highest BCUT2D eigenvalue weighted by Gasteiger charge is 2.30. The van der Waals surface area contributed by atoms with Crippen molar-refractivity contribution in [2.45, 2.75) is 42.7 Å². The van der Waals surface area contributed by atoms with Crippen LogP contribution in [0.3, 0.4) is 0 Å². The lowest BCUT2D eigenvalue weighted by molar-refractivity contribution is -0.126. The average Bonchev–Trinajstić information content (AvgIpc) is 2.83. The first-order valence-electron chi connectivity index (χ1n) is 12.1. The van der Waals surface area contributed by atoms with Gasteiger partial charge in [0.05, 0.1) is 16.7 Å². The third-order valence-electron chi connectivity index (χ3n) is 6.65. The Labute approximate surface area is 224 Å². The minimum Gasteiger partial charge on any atom is -0.370 e. The number of hydrogen-bond acceptors (Lipinski definition) is 5. The molecule has 0 spiro atoms. The van der Waals surface area contributed by atoms with Gasteiger partial charge >= 0.3 is 0 Å². The molecule has 1 saturated carbocycles. The summed E-state index contributed by atoms with van der Waals surface area (Å²) in [6.07, 6.45) is 3.92. The molecule has 1 atom stereocenters. The maximum atomic E-state index is 12.8. The standard InChI is InChI=1S/C26H35Cl2N3O4S/c1-30(2)25(19-8-5-4-6-9-19)20-12-14-21(15-13-20)29-24(32)18-35-17-16-31(3)36(33,34)26-22(27)10-7-11-23(26)28/h4-11,20-21,25H,12-18H2,1-3H3,(H,29,32). The van der Waals surface area contributed by atoms with E-state index in [1.54, 1.807) is 6.07 Å². The molecule has 0 saturated heterocycles. The summed E-state index contributed by atoms with van der Waals surface area (Å²) in [5.41, 5.74) is 1.33. The summed E-state index contributed by atoms with van der Waals surface area (Å²) in [4.78, 5) is 14.5. The first-order chi connectivity index (χ1) is 17.1. The van der Waals surface area contributed by atoms with E-state index < -0.39 is 10.0 Å². The van der Waals surface area contributed by atoms with Crippen LogP contribution < -0.4 is 5.32 Å². The number of rotatable bonds is 11. The molecule has 0 radical (unpaired) electrons. The highest BCUT2D eigenvalue weighted by Crippen LogP contribution is 2.37. The van der Waals surface area contributed by atoms with Gasteiger partial charge in [-0.3, -0.25) is 4.79 Å². The maximum Gasteiger partial charge on any atom is 0.246 e. The van der Waals surface area contributed by atoms with E-state index in [2.05, 4.69) is 48.6 Å². The smallest absolute Gasteiger partial charge is 0.246 e. The van der Waals surface area contributed by atoms with Crippen molar-refractivity contribution in [2.75, 3.05) is 40.9 Å². The van der Waals surface area contributed by atoms with Crippen LogP contribution in [-0.2, 0) is 19.6 Å². The molecule has 1 fully saturated rings. The van der Waals surface area contributed by atoms with Crippen molar-refractivity contribution in [1.82, 2.24) is 14.5 Å². The van der Waals surface area contributed by atoms with Crippen LogP contribution in [0.4, 0.5) is 0 Å². The van der Waals surface area contributed by atoms with Gasteiger partial charge in [-0.25, -0.2) is 8.42 Å². The van der Waals surface area contributed by atoms with Gasteiger partial charge in [0, 0.05) is 25.7 Å². The number of nitrogens with zero attached hydrogens (tertiary/aromatic N) is 2. The van der Waals surface area contributed by atoms with Gasteiger partial charge < -0.3 is 15.0 Å². The summed E-state index contributed by atoms with van der Waals surface area (Å²) in [5.74, 6) is 0.348. The zero-order chi connectivity index (χ0) is 26.3. The fourth-order valence-corrected chi connectivity index (χ4v) is 7.09. The van der Waals surface area contributed by atoms with Crippen molar-refractivity contribution in [3.8, 4) is 0 Å². The van der Waals surface area contributed by atoms with E-state index in [1.807, 2.05) is 6.07 Å². The van der Waals surface area contributed by atoms with Crippen LogP contribution in [0.1, 0.15) is 37.3 Å². The van der Waals surface area contributed by atoms with E-state index in [4.69, 9.17) is 27.9 Å². The minimum absolute atomic E-state index is 0.0602. The summed E-state index contributed by atoms with van der Waals surface area (Å²) in [6.45, 7) is 0.0121. The van der Waals surface area contributed by atoms with E-state index in [-0.39, 0.29) is 46.6 Å². The highest BCUT2D eigenvalue weighted by atomic mass is 35.5. The number of benzene rings is 2. The van der Waals surface area contributed by atoms with Gasteiger partial charge in [0.2, 0.25) is 15.9 Å². The number of nitrogens with one attached hydrogen (secondary N) is 1. The van der Waals surface area contributed by atoms with Crippen LogP contribution in [0.2, 0.25) is 10.0 Å². The molecule has 0 bridgehead atoms. The van der Waals surface area contributed by atoms with E-state index in [1.165, 1.54) is 24.7 Å². The number of carbonyl (C=O) groups excluding carboxylic acids is 1. The van der Waals surface area contributed by atoms with Crippen molar-refractivity contribution >= 4 is 39.1 Å². The first kappa shape index (κ1) is 28.9. The van der Waals surface area contributed by atoms with Gasteiger partial charge in [-0.1, -0.05) is 59.6 Å². The number of ether oxygens (including phenoxy) is 1.